The fourth-order valence-corrected chi connectivity index (χ4v) is 8.87. The number of hydrogen-bond acceptors (Lipinski definition) is 4. The van der Waals surface area contributed by atoms with Crippen LogP contribution < -0.4 is 15.7 Å². The average Bonchev–Trinajstić information content (AvgIpc) is 3.55. The van der Waals surface area contributed by atoms with E-state index in [2.05, 4.69) is 130 Å². The van der Waals surface area contributed by atoms with Crippen molar-refractivity contribution in [1.29, 1.82) is 0 Å². The summed E-state index contributed by atoms with van der Waals surface area (Å²) in [5, 5.41) is 11.5. The second-order valence-corrected chi connectivity index (χ2v) is 16.6. The molecule has 0 bridgehead atoms. The normalized spacial score (nSPS) is 18.8. The molecule has 0 unspecified atom stereocenters. The van der Waals surface area contributed by atoms with Gasteiger partial charge in [-0.2, -0.15) is 16.9 Å². The molecule has 1 N–H and O–H groups in total. The van der Waals surface area contributed by atoms with Crippen LogP contribution in [0.5, 0.6) is 0 Å². The van der Waals surface area contributed by atoms with E-state index in [-0.39, 0.29) is 17.1 Å². The molecule has 3 aromatic carbocycles. The zero-order chi connectivity index (χ0) is 28.8. The van der Waals surface area contributed by atoms with Crippen molar-refractivity contribution in [2.45, 2.75) is 88.9 Å². The molecule has 1 saturated carbocycles. The second-order valence-electron chi connectivity index (χ2n) is 13.6. The van der Waals surface area contributed by atoms with Gasteiger partial charge in [0.1, 0.15) is 5.82 Å². The summed E-state index contributed by atoms with van der Waals surface area (Å²) in [5.74, 6) is 3.71. The Morgan fingerprint density at radius 3 is 2.20 bits per heavy atom. The molecule has 2 heterocycles. The first-order valence-electron chi connectivity index (χ1n) is 14.8. The van der Waals surface area contributed by atoms with Gasteiger partial charge in [-0.15, -0.1) is 0 Å². The third-order valence-corrected chi connectivity index (χ3v) is 11.5. The molecule has 0 spiro atoms. The Kier molecular flexibility index (Phi) is 7.68. The van der Waals surface area contributed by atoms with Crippen molar-refractivity contribution in [3.63, 3.8) is 0 Å². The number of aromatic nitrogens is 2. The second kappa shape index (κ2) is 11.1. The molecule has 0 saturated heterocycles. The molecular formula is C35H42N3OSSi. The molecule has 4 aromatic rings. The Hall–Kier alpha value is -2.80. The Labute approximate surface area is 251 Å². The summed E-state index contributed by atoms with van der Waals surface area (Å²) in [5.41, 5.74) is 6.61. The highest BCUT2D eigenvalue weighted by atomic mass is 32.2. The van der Waals surface area contributed by atoms with Crippen molar-refractivity contribution in [3.05, 3.63) is 101 Å². The van der Waals surface area contributed by atoms with Crippen LogP contribution in [-0.2, 0) is 26.9 Å². The van der Waals surface area contributed by atoms with Crippen molar-refractivity contribution >= 4 is 42.7 Å². The lowest BCUT2D eigenvalue weighted by atomic mass is 9.80. The molecule has 41 heavy (non-hydrogen) atoms. The fraction of sp³-hybridized carbons (Fsp3) is 0.400. The van der Waals surface area contributed by atoms with Crippen molar-refractivity contribution in [2.75, 3.05) is 5.32 Å². The van der Waals surface area contributed by atoms with E-state index in [1.54, 1.807) is 0 Å². The first-order chi connectivity index (χ1) is 19.5. The van der Waals surface area contributed by atoms with Crippen LogP contribution in [0.4, 0.5) is 11.5 Å². The molecule has 0 atom stereocenters. The number of anilines is 2. The summed E-state index contributed by atoms with van der Waals surface area (Å²) >= 11 is 1.99. The van der Waals surface area contributed by atoms with Crippen molar-refractivity contribution in [1.82, 2.24) is 9.78 Å². The molecule has 1 fully saturated rings. The van der Waals surface area contributed by atoms with Gasteiger partial charge in [0, 0.05) is 35.3 Å². The molecule has 6 rings (SSSR count). The molecular weight excluding hydrogens is 539 g/mol. The van der Waals surface area contributed by atoms with Gasteiger partial charge in [-0.1, -0.05) is 81.4 Å². The largest absolute Gasteiger partial charge is 0.404 e. The highest BCUT2D eigenvalue weighted by molar-refractivity contribution is 7.98. The van der Waals surface area contributed by atoms with Gasteiger partial charge in [0.25, 0.3) is 9.04 Å². The standard InChI is InChI=1S/C35H42N3OSSi/c1-34(2,3)27-13-16-31(17-14-27)41(30-10-8-7-9-11-30)39-29-19-25(20-29)32-21-33(38(37-32)35(4,5)6)36-28-15-12-24-22-40-23-26(24)18-28/h7-18,21,25,29,36H,19-20,22-23H2,1-6H3. The zero-order valence-corrected chi connectivity index (χ0v) is 27.0. The Bertz CT molecular complexity index is 1500. The molecule has 4 nitrogen and oxygen atoms in total. The highest BCUT2D eigenvalue weighted by Crippen LogP contribution is 2.41. The van der Waals surface area contributed by atoms with Crippen LogP contribution in [0.2, 0.25) is 0 Å². The van der Waals surface area contributed by atoms with Gasteiger partial charge >= 0.3 is 0 Å². The summed E-state index contributed by atoms with van der Waals surface area (Å²) in [6, 6.07) is 29.0. The number of thioether (sulfide) groups is 1. The smallest absolute Gasteiger partial charge is 0.283 e. The lowest BCUT2D eigenvalue weighted by Gasteiger charge is -2.36. The Morgan fingerprint density at radius 1 is 0.829 bits per heavy atom. The van der Waals surface area contributed by atoms with Crippen LogP contribution in [0.1, 0.15) is 82.7 Å². The van der Waals surface area contributed by atoms with Crippen molar-refractivity contribution < 1.29 is 4.43 Å². The number of fused-ring (bicyclic) bond motifs is 1. The SMILES string of the molecule is CC(C)(C)c1ccc([Si](OC2CC(c3cc(Nc4ccc5c(c4)CSC5)n(C(C)(C)C)n3)C2)c2ccccc2)cc1. The minimum Gasteiger partial charge on any atom is -0.404 e. The van der Waals surface area contributed by atoms with E-state index >= 15 is 0 Å². The summed E-state index contributed by atoms with van der Waals surface area (Å²) in [6.07, 6.45) is 2.27. The molecule has 0 amide bonds. The van der Waals surface area contributed by atoms with Crippen LogP contribution in [-0.4, -0.2) is 24.9 Å². The first kappa shape index (κ1) is 28.3. The summed E-state index contributed by atoms with van der Waals surface area (Å²) in [6.45, 7) is 13.5. The predicted molar refractivity (Wildman–Crippen MR) is 175 cm³/mol. The zero-order valence-electron chi connectivity index (χ0n) is 25.2. The molecule has 6 heteroatoms. The van der Waals surface area contributed by atoms with E-state index in [0.717, 1.165) is 35.9 Å². The van der Waals surface area contributed by atoms with Crippen LogP contribution in [0, 0.1) is 0 Å². The summed E-state index contributed by atoms with van der Waals surface area (Å²) in [4.78, 5) is 0. The van der Waals surface area contributed by atoms with Gasteiger partial charge in [0.15, 0.2) is 0 Å². The highest BCUT2D eigenvalue weighted by Gasteiger charge is 2.37. The van der Waals surface area contributed by atoms with Crippen molar-refractivity contribution in [3.8, 4) is 0 Å². The predicted octanol–water partition coefficient (Wildman–Crippen LogP) is 7.49. The van der Waals surface area contributed by atoms with Gasteiger partial charge in [-0.3, -0.25) is 0 Å². The molecule has 1 aliphatic carbocycles. The molecule has 1 aromatic heterocycles. The van der Waals surface area contributed by atoms with Crippen LogP contribution in [0.25, 0.3) is 0 Å². The number of rotatable bonds is 7. The van der Waals surface area contributed by atoms with E-state index in [0.29, 0.717) is 5.92 Å². The lowest BCUT2D eigenvalue weighted by molar-refractivity contribution is 0.0995. The monoisotopic (exact) mass is 580 g/mol. The van der Waals surface area contributed by atoms with E-state index in [9.17, 15) is 0 Å². The minimum atomic E-state index is -1.34. The maximum Gasteiger partial charge on any atom is 0.283 e. The molecule has 2 aliphatic rings. The molecule has 213 valence electrons. The topological polar surface area (TPSA) is 39.1 Å². The van der Waals surface area contributed by atoms with Gasteiger partial charge in [-0.25, -0.2) is 4.68 Å². The number of benzene rings is 3. The summed E-state index contributed by atoms with van der Waals surface area (Å²) < 4.78 is 9.09. The van der Waals surface area contributed by atoms with Gasteiger partial charge in [0.2, 0.25) is 0 Å². The Balaban J connectivity index is 1.18. The summed E-state index contributed by atoms with van der Waals surface area (Å²) in [7, 11) is -1.34. The van der Waals surface area contributed by atoms with Crippen LogP contribution in [0.3, 0.4) is 0 Å². The Morgan fingerprint density at radius 2 is 1.51 bits per heavy atom. The van der Waals surface area contributed by atoms with E-state index in [1.165, 1.54) is 32.8 Å². The van der Waals surface area contributed by atoms with Crippen LogP contribution >= 0.6 is 11.8 Å². The quantitative estimate of drug-likeness (QED) is 0.230. The lowest BCUT2D eigenvalue weighted by Crippen LogP contribution is -2.49. The molecule has 1 radical (unpaired) electrons. The average molecular weight is 581 g/mol. The first-order valence-corrected chi connectivity index (χ1v) is 17.4. The van der Waals surface area contributed by atoms with Gasteiger partial charge < -0.3 is 9.74 Å². The number of nitrogens with one attached hydrogen (secondary N) is 1. The van der Waals surface area contributed by atoms with Crippen molar-refractivity contribution in [2.24, 2.45) is 0 Å². The van der Waals surface area contributed by atoms with E-state index in [4.69, 9.17) is 9.52 Å². The maximum absolute atomic E-state index is 6.93. The number of hydrogen-bond donors (Lipinski definition) is 1. The number of nitrogens with zero attached hydrogens (tertiary/aromatic N) is 2. The minimum absolute atomic E-state index is 0.116. The molecule has 1 aliphatic heterocycles. The van der Waals surface area contributed by atoms with E-state index < -0.39 is 9.04 Å². The van der Waals surface area contributed by atoms with Crippen LogP contribution in [0.15, 0.2) is 78.9 Å². The fourth-order valence-electron chi connectivity index (χ4n) is 5.68. The van der Waals surface area contributed by atoms with Gasteiger partial charge in [0.05, 0.1) is 11.2 Å². The van der Waals surface area contributed by atoms with Gasteiger partial charge in [-0.05, 0) is 78.2 Å². The maximum atomic E-state index is 6.93. The van der Waals surface area contributed by atoms with E-state index in [1.807, 2.05) is 11.8 Å². The third-order valence-electron chi connectivity index (χ3n) is 8.20. The third kappa shape index (κ3) is 6.20.